The van der Waals surface area contributed by atoms with Gasteiger partial charge in [-0.05, 0) is 25.0 Å². The molecular formula is C16H25NO4S. The molecule has 0 unspecified atom stereocenters. The van der Waals surface area contributed by atoms with Crippen LogP contribution in [0.25, 0.3) is 0 Å². The lowest BCUT2D eigenvalue weighted by Gasteiger charge is -2.27. The molecule has 124 valence electrons. The Kier molecular flexibility index (Phi) is 7.19. The van der Waals surface area contributed by atoms with Crippen LogP contribution in [0.5, 0.6) is 0 Å². The van der Waals surface area contributed by atoms with Crippen LogP contribution in [0.4, 0.5) is 0 Å². The summed E-state index contributed by atoms with van der Waals surface area (Å²) in [5.74, 6) is 1.16. The predicted octanol–water partition coefficient (Wildman–Crippen LogP) is 2.55. The van der Waals surface area contributed by atoms with Gasteiger partial charge in [0.05, 0.1) is 4.90 Å². The third kappa shape index (κ3) is 7.15. The molecule has 5 nitrogen and oxygen atoms in total. The Labute approximate surface area is 133 Å². The van der Waals surface area contributed by atoms with Crippen molar-refractivity contribution >= 4 is 15.9 Å². The lowest BCUT2D eigenvalue weighted by molar-refractivity contribution is -0.121. The number of likely N-dealkylation sites (tertiary alicyclic amines) is 1. The van der Waals surface area contributed by atoms with Crippen molar-refractivity contribution in [1.82, 2.24) is 4.90 Å². The standard InChI is InChI=1S/C9H17NO.C7H8O3S/c1-8(2)7-10-5-3-9(11)4-6-10;1-6-2-4-7(5-3-6)11(8,9)10/h8H,3-7H2,1-2H3;2-5H,1H3,(H,8,9,10). The average Bonchev–Trinajstić information content (AvgIpc) is 2.41. The largest absolute Gasteiger partial charge is 0.302 e. The number of carbonyl (C=O) groups excluding carboxylic acids is 1. The zero-order chi connectivity index (χ0) is 16.8. The van der Waals surface area contributed by atoms with Crippen LogP contribution in [0, 0.1) is 12.8 Å². The van der Waals surface area contributed by atoms with Crippen LogP contribution in [0.2, 0.25) is 0 Å². The number of hydrogen-bond acceptors (Lipinski definition) is 4. The molecule has 22 heavy (non-hydrogen) atoms. The maximum atomic E-state index is 10.9. The van der Waals surface area contributed by atoms with Crippen molar-refractivity contribution in [1.29, 1.82) is 0 Å². The van der Waals surface area contributed by atoms with Crippen molar-refractivity contribution < 1.29 is 17.8 Å². The quantitative estimate of drug-likeness (QED) is 0.864. The Morgan fingerprint density at radius 1 is 1.14 bits per heavy atom. The summed E-state index contributed by atoms with van der Waals surface area (Å²) in [6, 6.07) is 5.99. The van der Waals surface area contributed by atoms with E-state index in [4.69, 9.17) is 4.55 Å². The van der Waals surface area contributed by atoms with Crippen LogP contribution >= 0.6 is 0 Å². The minimum atomic E-state index is -4.02. The van der Waals surface area contributed by atoms with Crippen molar-refractivity contribution in [3.05, 3.63) is 29.8 Å². The van der Waals surface area contributed by atoms with Gasteiger partial charge in [-0.15, -0.1) is 0 Å². The fourth-order valence-corrected chi connectivity index (χ4v) is 2.69. The monoisotopic (exact) mass is 327 g/mol. The van der Waals surface area contributed by atoms with E-state index in [0.717, 1.165) is 44.0 Å². The van der Waals surface area contributed by atoms with Crippen molar-refractivity contribution in [2.75, 3.05) is 19.6 Å². The van der Waals surface area contributed by atoms with Crippen molar-refractivity contribution in [2.24, 2.45) is 5.92 Å². The molecule has 0 amide bonds. The SMILES string of the molecule is CC(C)CN1CCC(=O)CC1.Cc1ccc(S(=O)(=O)O)cc1. The maximum Gasteiger partial charge on any atom is 0.294 e. The van der Waals surface area contributed by atoms with Gasteiger partial charge < -0.3 is 4.90 Å². The van der Waals surface area contributed by atoms with Gasteiger partial charge in [-0.25, -0.2) is 0 Å². The minimum absolute atomic E-state index is 0.0666. The number of aryl methyl sites for hydroxylation is 1. The lowest BCUT2D eigenvalue weighted by atomic mass is 10.1. The predicted molar refractivity (Wildman–Crippen MR) is 86.5 cm³/mol. The molecule has 0 radical (unpaired) electrons. The molecule has 1 heterocycles. The summed E-state index contributed by atoms with van der Waals surface area (Å²) >= 11 is 0. The second kappa shape index (κ2) is 8.41. The summed E-state index contributed by atoms with van der Waals surface area (Å²) in [6.45, 7) is 9.39. The van der Waals surface area contributed by atoms with Crippen LogP contribution < -0.4 is 0 Å². The van der Waals surface area contributed by atoms with Crippen LogP contribution in [0.3, 0.4) is 0 Å². The van der Waals surface area contributed by atoms with E-state index in [1.165, 1.54) is 12.1 Å². The Morgan fingerprint density at radius 3 is 2.05 bits per heavy atom. The minimum Gasteiger partial charge on any atom is -0.302 e. The van der Waals surface area contributed by atoms with E-state index in [0.29, 0.717) is 5.78 Å². The highest BCUT2D eigenvalue weighted by Crippen LogP contribution is 2.09. The molecule has 1 aliphatic rings. The summed E-state index contributed by atoms with van der Waals surface area (Å²) in [4.78, 5) is 13.2. The van der Waals surface area contributed by atoms with Gasteiger partial charge in [0, 0.05) is 32.5 Å². The van der Waals surface area contributed by atoms with E-state index in [1.807, 2.05) is 6.92 Å². The maximum absolute atomic E-state index is 10.9. The molecule has 1 aromatic carbocycles. The molecule has 0 aromatic heterocycles. The normalized spacial score (nSPS) is 16.3. The van der Waals surface area contributed by atoms with Gasteiger partial charge in [0.2, 0.25) is 0 Å². The number of benzene rings is 1. The molecule has 0 aliphatic carbocycles. The zero-order valence-electron chi connectivity index (χ0n) is 13.4. The molecule has 0 saturated carbocycles. The number of Topliss-reactive ketones (excluding diaryl/α,β-unsaturated/α-hetero) is 1. The molecular weight excluding hydrogens is 302 g/mol. The zero-order valence-corrected chi connectivity index (χ0v) is 14.3. The third-order valence-electron chi connectivity index (χ3n) is 3.36. The van der Waals surface area contributed by atoms with Gasteiger partial charge in [0.15, 0.2) is 0 Å². The number of ketones is 1. The summed E-state index contributed by atoms with van der Waals surface area (Å²) in [7, 11) is -4.02. The van der Waals surface area contributed by atoms with Crippen LogP contribution in [0.15, 0.2) is 29.2 Å². The first-order chi connectivity index (χ1) is 10.2. The number of rotatable bonds is 3. The first-order valence-electron chi connectivity index (χ1n) is 7.46. The van der Waals surface area contributed by atoms with Gasteiger partial charge in [-0.2, -0.15) is 8.42 Å². The molecule has 0 bridgehead atoms. The Hall–Kier alpha value is -1.24. The molecule has 2 rings (SSSR count). The lowest BCUT2D eigenvalue weighted by Crippen LogP contribution is -2.36. The Morgan fingerprint density at radius 2 is 1.64 bits per heavy atom. The van der Waals surface area contributed by atoms with Crippen LogP contribution in [-0.4, -0.2) is 43.3 Å². The van der Waals surface area contributed by atoms with Crippen molar-refractivity contribution in [2.45, 2.75) is 38.5 Å². The van der Waals surface area contributed by atoms with Crippen LogP contribution in [0.1, 0.15) is 32.3 Å². The molecule has 1 fully saturated rings. The Balaban J connectivity index is 0.000000220. The third-order valence-corrected chi connectivity index (χ3v) is 4.22. The first-order valence-corrected chi connectivity index (χ1v) is 8.90. The van der Waals surface area contributed by atoms with Crippen molar-refractivity contribution in [3.8, 4) is 0 Å². The van der Waals surface area contributed by atoms with E-state index >= 15 is 0 Å². The number of hydrogen-bond donors (Lipinski definition) is 1. The van der Waals surface area contributed by atoms with E-state index in [1.54, 1.807) is 12.1 Å². The highest BCUT2D eigenvalue weighted by molar-refractivity contribution is 7.85. The van der Waals surface area contributed by atoms with Gasteiger partial charge >= 0.3 is 0 Å². The van der Waals surface area contributed by atoms with E-state index in [-0.39, 0.29) is 4.90 Å². The topological polar surface area (TPSA) is 74.7 Å². The van der Waals surface area contributed by atoms with E-state index in [9.17, 15) is 13.2 Å². The summed E-state index contributed by atoms with van der Waals surface area (Å²) in [6.07, 6.45) is 1.54. The number of piperidine rings is 1. The number of nitrogens with zero attached hydrogens (tertiary/aromatic N) is 1. The summed E-state index contributed by atoms with van der Waals surface area (Å²) in [5, 5.41) is 0. The van der Waals surface area contributed by atoms with E-state index < -0.39 is 10.1 Å². The van der Waals surface area contributed by atoms with Gasteiger partial charge in [0.25, 0.3) is 10.1 Å². The second-order valence-electron chi connectivity index (χ2n) is 6.02. The molecule has 0 atom stereocenters. The first kappa shape index (κ1) is 18.8. The van der Waals surface area contributed by atoms with E-state index in [2.05, 4.69) is 18.7 Å². The molecule has 1 saturated heterocycles. The molecule has 1 aliphatic heterocycles. The average molecular weight is 327 g/mol. The van der Waals surface area contributed by atoms with Gasteiger partial charge in [0.1, 0.15) is 5.78 Å². The Bertz CT molecular complexity index is 569. The summed E-state index contributed by atoms with van der Waals surface area (Å²) in [5.41, 5.74) is 0.956. The van der Waals surface area contributed by atoms with Crippen LogP contribution in [-0.2, 0) is 14.9 Å². The van der Waals surface area contributed by atoms with Crippen molar-refractivity contribution in [3.63, 3.8) is 0 Å². The highest BCUT2D eigenvalue weighted by Gasteiger charge is 2.15. The van der Waals surface area contributed by atoms with Gasteiger partial charge in [-0.1, -0.05) is 31.5 Å². The number of carbonyl (C=O) groups is 1. The molecule has 1 N–H and O–H groups in total. The highest BCUT2D eigenvalue weighted by atomic mass is 32.2. The summed E-state index contributed by atoms with van der Waals surface area (Å²) < 4.78 is 29.6. The fraction of sp³-hybridized carbons (Fsp3) is 0.562. The smallest absolute Gasteiger partial charge is 0.294 e. The molecule has 0 spiro atoms. The van der Waals surface area contributed by atoms with Gasteiger partial charge in [-0.3, -0.25) is 9.35 Å². The molecule has 1 aromatic rings. The molecule has 6 heteroatoms. The second-order valence-corrected chi connectivity index (χ2v) is 7.44. The fourth-order valence-electron chi connectivity index (χ4n) is 2.21.